The first-order valence-electron chi connectivity index (χ1n) is 9.37. The number of carbonyl (C=O) groups excluding carboxylic acids is 1. The molecule has 1 aromatic heterocycles. The minimum atomic E-state index is -0.0239. The zero-order valence-corrected chi connectivity index (χ0v) is 15.6. The molecule has 1 amide bonds. The van der Waals surface area contributed by atoms with Crippen LogP contribution in [-0.2, 0) is 13.1 Å². The van der Waals surface area contributed by atoms with Gasteiger partial charge in [0.15, 0.2) is 0 Å². The molecule has 0 radical (unpaired) electrons. The molecule has 0 saturated carbocycles. The zero-order chi connectivity index (χ0) is 18.4. The summed E-state index contributed by atoms with van der Waals surface area (Å²) in [5.41, 5.74) is 1.88. The van der Waals surface area contributed by atoms with Crippen molar-refractivity contribution in [3.63, 3.8) is 0 Å². The van der Waals surface area contributed by atoms with Crippen molar-refractivity contribution in [1.29, 1.82) is 0 Å². The summed E-state index contributed by atoms with van der Waals surface area (Å²) in [6.45, 7) is 5.64. The first kappa shape index (κ1) is 18.5. The maximum absolute atomic E-state index is 12.6. The summed E-state index contributed by atoms with van der Waals surface area (Å²) in [6.07, 6.45) is 4.76. The third-order valence-electron chi connectivity index (χ3n) is 4.77. The largest absolute Gasteiger partial charge is 0.497 e. The highest BCUT2D eigenvalue weighted by Crippen LogP contribution is 2.18. The molecule has 0 bridgehead atoms. The Labute approximate surface area is 155 Å². The summed E-state index contributed by atoms with van der Waals surface area (Å²) >= 11 is 0. The van der Waals surface area contributed by atoms with Gasteiger partial charge in [0.1, 0.15) is 11.4 Å². The fourth-order valence-corrected chi connectivity index (χ4v) is 3.52. The number of nitrogens with one attached hydrogen (secondary N) is 1. The van der Waals surface area contributed by atoms with Crippen LogP contribution in [0.4, 0.5) is 0 Å². The maximum atomic E-state index is 12.6. The molecule has 1 atom stereocenters. The van der Waals surface area contributed by atoms with E-state index in [1.54, 1.807) is 24.1 Å². The van der Waals surface area contributed by atoms with Crippen molar-refractivity contribution in [2.24, 2.45) is 0 Å². The Kier molecular flexibility index (Phi) is 6.28. The molecule has 0 spiro atoms. The van der Waals surface area contributed by atoms with E-state index >= 15 is 0 Å². The van der Waals surface area contributed by atoms with Crippen LogP contribution >= 0.6 is 0 Å². The molecule has 1 saturated heterocycles. The summed E-state index contributed by atoms with van der Waals surface area (Å²) in [4.78, 5) is 15.0. The molecule has 2 aromatic rings. The Balaban J connectivity index is 1.57. The number of amides is 1. The fourth-order valence-electron chi connectivity index (χ4n) is 3.52. The number of hydrogen-bond donors (Lipinski definition) is 1. The smallest absolute Gasteiger partial charge is 0.269 e. The second kappa shape index (κ2) is 8.85. The van der Waals surface area contributed by atoms with Crippen molar-refractivity contribution in [1.82, 2.24) is 20.0 Å². The van der Waals surface area contributed by atoms with Gasteiger partial charge < -0.3 is 10.1 Å². The van der Waals surface area contributed by atoms with Crippen LogP contribution in [-0.4, -0.2) is 46.8 Å². The highest BCUT2D eigenvalue weighted by molar-refractivity contribution is 5.92. The zero-order valence-electron chi connectivity index (χ0n) is 15.6. The van der Waals surface area contributed by atoms with Crippen LogP contribution < -0.4 is 10.1 Å². The van der Waals surface area contributed by atoms with Gasteiger partial charge in [-0.05, 0) is 49.6 Å². The second-order valence-electron chi connectivity index (χ2n) is 6.84. The third-order valence-corrected chi connectivity index (χ3v) is 4.77. The van der Waals surface area contributed by atoms with Gasteiger partial charge in [-0.15, -0.1) is 0 Å². The van der Waals surface area contributed by atoms with Gasteiger partial charge in [0.05, 0.1) is 7.11 Å². The Morgan fingerprint density at radius 3 is 3.08 bits per heavy atom. The molecule has 2 heterocycles. The SMILES string of the molecule is CCCn1nccc1C(=O)NC1CCCN(Cc2cccc(OC)c2)C1. The lowest BCUT2D eigenvalue weighted by Crippen LogP contribution is -2.47. The lowest BCUT2D eigenvalue weighted by atomic mass is 10.0. The molecule has 140 valence electrons. The number of aryl methyl sites for hydroxylation is 1. The monoisotopic (exact) mass is 356 g/mol. The Hall–Kier alpha value is -2.34. The van der Waals surface area contributed by atoms with Gasteiger partial charge in [0, 0.05) is 31.9 Å². The summed E-state index contributed by atoms with van der Waals surface area (Å²) in [5.74, 6) is 0.859. The van der Waals surface area contributed by atoms with Crippen LogP contribution in [0.25, 0.3) is 0 Å². The summed E-state index contributed by atoms with van der Waals surface area (Å²) in [5, 5.41) is 7.43. The Morgan fingerprint density at radius 1 is 1.38 bits per heavy atom. The minimum Gasteiger partial charge on any atom is -0.497 e. The number of rotatable bonds is 7. The van der Waals surface area contributed by atoms with Gasteiger partial charge in [-0.25, -0.2) is 0 Å². The van der Waals surface area contributed by atoms with Crippen LogP contribution in [0.2, 0.25) is 0 Å². The lowest BCUT2D eigenvalue weighted by Gasteiger charge is -2.33. The van der Waals surface area contributed by atoms with Crippen molar-refractivity contribution in [2.45, 2.75) is 45.3 Å². The molecule has 1 N–H and O–H groups in total. The van der Waals surface area contributed by atoms with Gasteiger partial charge >= 0.3 is 0 Å². The molecular weight excluding hydrogens is 328 g/mol. The second-order valence-corrected chi connectivity index (χ2v) is 6.84. The number of carbonyl (C=O) groups is 1. The van der Waals surface area contributed by atoms with Gasteiger partial charge in [-0.2, -0.15) is 5.10 Å². The average Bonchev–Trinajstić information content (AvgIpc) is 3.11. The molecule has 6 heteroatoms. The van der Waals surface area contributed by atoms with Gasteiger partial charge in [-0.1, -0.05) is 19.1 Å². The molecule has 0 aliphatic carbocycles. The van der Waals surface area contributed by atoms with E-state index in [1.165, 1.54) is 5.56 Å². The van der Waals surface area contributed by atoms with E-state index in [4.69, 9.17) is 4.74 Å². The normalized spacial score (nSPS) is 17.8. The van der Waals surface area contributed by atoms with Gasteiger partial charge in [0.2, 0.25) is 0 Å². The van der Waals surface area contributed by atoms with Crippen LogP contribution in [0, 0.1) is 0 Å². The number of benzene rings is 1. The first-order valence-corrected chi connectivity index (χ1v) is 9.37. The van der Waals surface area contributed by atoms with E-state index in [-0.39, 0.29) is 11.9 Å². The average molecular weight is 356 g/mol. The number of hydrogen-bond acceptors (Lipinski definition) is 4. The van der Waals surface area contributed by atoms with Crippen LogP contribution in [0.5, 0.6) is 5.75 Å². The molecule has 1 fully saturated rings. The molecule has 1 aromatic carbocycles. The Morgan fingerprint density at radius 2 is 2.27 bits per heavy atom. The van der Waals surface area contributed by atoms with Gasteiger partial charge in [0.25, 0.3) is 5.91 Å². The number of methoxy groups -OCH3 is 1. The quantitative estimate of drug-likeness (QED) is 0.829. The summed E-state index contributed by atoms with van der Waals surface area (Å²) in [7, 11) is 1.69. The Bertz CT molecular complexity index is 728. The highest BCUT2D eigenvalue weighted by atomic mass is 16.5. The maximum Gasteiger partial charge on any atom is 0.269 e. The predicted molar refractivity (Wildman–Crippen MR) is 101 cm³/mol. The number of nitrogens with zero attached hydrogens (tertiary/aromatic N) is 3. The van der Waals surface area contributed by atoms with E-state index in [0.29, 0.717) is 5.69 Å². The van der Waals surface area contributed by atoms with Crippen LogP contribution in [0.1, 0.15) is 42.2 Å². The molecule has 1 aliphatic heterocycles. The number of aromatic nitrogens is 2. The highest BCUT2D eigenvalue weighted by Gasteiger charge is 2.23. The molecular formula is C20H28N4O2. The number of likely N-dealkylation sites (tertiary alicyclic amines) is 1. The van der Waals surface area contributed by atoms with Crippen LogP contribution in [0.3, 0.4) is 0 Å². The molecule has 1 aliphatic rings. The molecule has 26 heavy (non-hydrogen) atoms. The van der Waals surface area contributed by atoms with Crippen molar-refractivity contribution in [3.8, 4) is 5.75 Å². The predicted octanol–water partition coefficient (Wildman–Crippen LogP) is 2.70. The van der Waals surface area contributed by atoms with Crippen molar-refractivity contribution >= 4 is 5.91 Å². The number of ether oxygens (including phenoxy) is 1. The summed E-state index contributed by atoms with van der Waals surface area (Å²) < 4.78 is 7.09. The van der Waals surface area contributed by atoms with Gasteiger partial charge in [-0.3, -0.25) is 14.4 Å². The van der Waals surface area contributed by atoms with Crippen molar-refractivity contribution in [3.05, 3.63) is 47.8 Å². The van der Waals surface area contributed by atoms with Crippen molar-refractivity contribution < 1.29 is 9.53 Å². The first-order chi connectivity index (χ1) is 12.7. The van der Waals surface area contributed by atoms with E-state index in [2.05, 4.69) is 34.4 Å². The number of piperidine rings is 1. The van der Waals surface area contributed by atoms with Crippen molar-refractivity contribution in [2.75, 3.05) is 20.2 Å². The minimum absolute atomic E-state index is 0.0239. The van der Waals surface area contributed by atoms with E-state index < -0.39 is 0 Å². The van der Waals surface area contributed by atoms with Crippen LogP contribution in [0.15, 0.2) is 36.5 Å². The van der Waals surface area contributed by atoms with E-state index in [1.807, 2.05) is 12.1 Å². The fraction of sp³-hybridized carbons (Fsp3) is 0.500. The van der Waals surface area contributed by atoms with E-state index in [0.717, 1.165) is 51.2 Å². The third kappa shape index (κ3) is 4.64. The topological polar surface area (TPSA) is 59.4 Å². The molecule has 3 rings (SSSR count). The summed E-state index contributed by atoms with van der Waals surface area (Å²) in [6, 6.07) is 10.1. The standard InChI is InChI=1S/C20H28N4O2/c1-3-11-24-19(9-10-21-24)20(25)22-17-7-5-12-23(15-17)14-16-6-4-8-18(13-16)26-2/h4,6,8-10,13,17H,3,5,7,11-12,14-15H2,1-2H3,(H,22,25). The molecule has 1 unspecified atom stereocenters. The van der Waals surface area contributed by atoms with E-state index in [9.17, 15) is 4.79 Å². The lowest BCUT2D eigenvalue weighted by molar-refractivity contribution is 0.0889. The molecule has 6 nitrogen and oxygen atoms in total.